The molecule has 0 aliphatic carbocycles. The van der Waals surface area contributed by atoms with E-state index in [1.165, 1.54) is 11.1 Å². The van der Waals surface area contributed by atoms with Crippen molar-refractivity contribution in [3.05, 3.63) is 65.7 Å². The van der Waals surface area contributed by atoms with E-state index < -0.39 is 0 Å². The third kappa shape index (κ3) is 3.08. The molecule has 0 saturated heterocycles. The first-order valence-corrected chi connectivity index (χ1v) is 5.73. The molecule has 2 aromatic rings. The van der Waals surface area contributed by atoms with Gasteiger partial charge in [0.05, 0.1) is 7.11 Å². The second-order valence-electron chi connectivity index (χ2n) is 4.07. The standard InChI is InChI=1S/C15H17NO/c1-17-14-9-7-12(8-10-14)11-15(16)13-5-3-2-4-6-13/h2-10,15H,11,16H2,1H3. The van der Waals surface area contributed by atoms with Crippen LogP contribution in [-0.4, -0.2) is 7.11 Å². The zero-order chi connectivity index (χ0) is 12.1. The molecule has 0 aliphatic rings. The molecule has 2 N–H and O–H groups in total. The van der Waals surface area contributed by atoms with Gasteiger partial charge in [0.15, 0.2) is 0 Å². The van der Waals surface area contributed by atoms with Crippen LogP contribution in [-0.2, 0) is 6.42 Å². The minimum atomic E-state index is 0.0459. The lowest BCUT2D eigenvalue weighted by Gasteiger charge is -2.12. The van der Waals surface area contributed by atoms with Crippen molar-refractivity contribution in [2.75, 3.05) is 7.11 Å². The van der Waals surface area contributed by atoms with Gasteiger partial charge in [-0.05, 0) is 29.7 Å². The summed E-state index contributed by atoms with van der Waals surface area (Å²) >= 11 is 0. The maximum Gasteiger partial charge on any atom is 0.118 e. The molecule has 2 heteroatoms. The fourth-order valence-corrected chi connectivity index (χ4v) is 1.83. The number of methoxy groups -OCH3 is 1. The van der Waals surface area contributed by atoms with E-state index in [0.717, 1.165) is 12.2 Å². The lowest BCUT2D eigenvalue weighted by molar-refractivity contribution is 0.414. The maximum absolute atomic E-state index is 6.17. The van der Waals surface area contributed by atoms with E-state index in [2.05, 4.69) is 24.3 Å². The van der Waals surface area contributed by atoms with E-state index in [0.29, 0.717) is 0 Å². The zero-order valence-electron chi connectivity index (χ0n) is 9.97. The van der Waals surface area contributed by atoms with Crippen molar-refractivity contribution < 1.29 is 4.74 Å². The largest absolute Gasteiger partial charge is 0.497 e. The zero-order valence-corrected chi connectivity index (χ0v) is 9.97. The van der Waals surface area contributed by atoms with Crippen molar-refractivity contribution in [2.45, 2.75) is 12.5 Å². The summed E-state index contributed by atoms with van der Waals surface area (Å²) in [6, 6.07) is 18.3. The molecule has 2 rings (SSSR count). The number of rotatable bonds is 4. The van der Waals surface area contributed by atoms with Gasteiger partial charge in [-0.1, -0.05) is 42.5 Å². The van der Waals surface area contributed by atoms with Gasteiger partial charge in [0.2, 0.25) is 0 Å². The molecule has 1 unspecified atom stereocenters. The summed E-state index contributed by atoms with van der Waals surface area (Å²) in [7, 11) is 1.67. The summed E-state index contributed by atoms with van der Waals surface area (Å²) in [5.74, 6) is 0.877. The van der Waals surface area contributed by atoms with Gasteiger partial charge in [0.25, 0.3) is 0 Å². The highest BCUT2D eigenvalue weighted by atomic mass is 16.5. The summed E-state index contributed by atoms with van der Waals surface area (Å²) in [5, 5.41) is 0. The van der Waals surface area contributed by atoms with Crippen LogP contribution in [0.1, 0.15) is 17.2 Å². The minimum absolute atomic E-state index is 0.0459. The average molecular weight is 227 g/mol. The van der Waals surface area contributed by atoms with E-state index >= 15 is 0 Å². The van der Waals surface area contributed by atoms with Gasteiger partial charge in [0.1, 0.15) is 5.75 Å². The number of nitrogens with two attached hydrogens (primary N) is 1. The van der Waals surface area contributed by atoms with Gasteiger partial charge in [-0.3, -0.25) is 0 Å². The summed E-state index contributed by atoms with van der Waals surface area (Å²) in [6.07, 6.45) is 0.841. The Kier molecular flexibility index (Phi) is 3.78. The normalized spacial score (nSPS) is 12.1. The van der Waals surface area contributed by atoms with Crippen LogP contribution in [0.5, 0.6) is 5.75 Å². The Morgan fingerprint density at radius 2 is 1.65 bits per heavy atom. The molecule has 0 spiro atoms. The molecule has 0 aliphatic heterocycles. The average Bonchev–Trinajstić information content (AvgIpc) is 2.40. The van der Waals surface area contributed by atoms with Crippen LogP contribution >= 0.6 is 0 Å². The van der Waals surface area contributed by atoms with E-state index in [-0.39, 0.29) is 6.04 Å². The fraction of sp³-hybridized carbons (Fsp3) is 0.200. The maximum atomic E-state index is 6.17. The number of hydrogen-bond acceptors (Lipinski definition) is 2. The van der Waals surface area contributed by atoms with Crippen molar-refractivity contribution in [3.8, 4) is 5.75 Å². The molecule has 0 amide bonds. The lowest BCUT2D eigenvalue weighted by Crippen LogP contribution is -2.13. The first-order valence-electron chi connectivity index (χ1n) is 5.73. The molecular weight excluding hydrogens is 210 g/mol. The first kappa shape index (κ1) is 11.7. The molecule has 0 heterocycles. The van der Waals surface area contributed by atoms with Crippen LogP contribution in [0.2, 0.25) is 0 Å². The van der Waals surface area contributed by atoms with Crippen LogP contribution in [0.4, 0.5) is 0 Å². The van der Waals surface area contributed by atoms with E-state index in [9.17, 15) is 0 Å². The fourth-order valence-electron chi connectivity index (χ4n) is 1.83. The Labute approximate surface area is 102 Å². The summed E-state index contributed by atoms with van der Waals surface area (Å²) in [6.45, 7) is 0. The molecule has 0 aromatic heterocycles. The third-order valence-corrected chi connectivity index (χ3v) is 2.84. The highest BCUT2D eigenvalue weighted by molar-refractivity contribution is 5.29. The highest BCUT2D eigenvalue weighted by Crippen LogP contribution is 2.18. The Balaban J connectivity index is 2.05. The van der Waals surface area contributed by atoms with Gasteiger partial charge in [0, 0.05) is 6.04 Å². The van der Waals surface area contributed by atoms with Crippen molar-refractivity contribution in [3.63, 3.8) is 0 Å². The van der Waals surface area contributed by atoms with E-state index in [1.807, 2.05) is 30.3 Å². The Hall–Kier alpha value is -1.80. The molecule has 2 nitrogen and oxygen atoms in total. The number of benzene rings is 2. The minimum Gasteiger partial charge on any atom is -0.497 e. The summed E-state index contributed by atoms with van der Waals surface area (Å²) in [5.41, 5.74) is 8.56. The number of hydrogen-bond donors (Lipinski definition) is 1. The summed E-state index contributed by atoms with van der Waals surface area (Å²) in [4.78, 5) is 0. The monoisotopic (exact) mass is 227 g/mol. The Morgan fingerprint density at radius 3 is 2.24 bits per heavy atom. The van der Waals surface area contributed by atoms with Crippen molar-refractivity contribution in [1.82, 2.24) is 0 Å². The van der Waals surface area contributed by atoms with Crippen LogP contribution in [0.15, 0.2) is 54.6 Å². The Morgan fingerprint density at radius 1 is 1.00 bits per heavy atom. The van der Waals surface area contributed by atoms with Crippen LogP contribution in [0.3, 0.4) is 0 Å². The molecule has 2 aromatic carbocycles. The molecular formula is C15H17NO. The topological polar surface area (TPSA) is 35.2 Å². The molecule has 0 radical (unpaired) electrons. The second-order valence-corrected chi connectivity index (χ2v) is 4.07. The van der Waals surface area contributed by atoms with Crippen molar-refractivity contribution >= 4 is 0 Å². The molecule has 0 bridgehead atoms. The SMILES string of the molecule is COc1ccc(CC(N)c2ccccc2)cc1. The highest BCUT2D eigenvalue weighted by Gasteiger charge is 2.06. The predicted octanol–water partition coefficient (Wildman–Crippen LogP) is 2.94. The van der Waals surface area contributed by atoms with Crippen LogP contribution in [0.25, 0.3) is 0 Å². The van der Waals surface area contributed by atoms with E-state index in [1.54, 1.807) is 7.11 Å². The van der Waals surface area contributed by atoms with E-state index in [4.69, 9.17) is 10.5 Å². The second kappa shape index (κ2) is 5.51. The smallest absolute Gasteiger partial charge is 0.118 e. The molecule has 0 fully saturated rings. The lowest BCUT2D eigenvalue weighted by atomic mass is 10.00. The van der Waals surface area contributed by atoms with Gasteiger partial charge in [-0.2, -0.15) is 0 Å². The molecule has 88 valence electrons. The van der Waals surface area contributed by atoms with Gasteiger partial charge in [-0.25, -0.2) is 0 Å². The van der Waals surface area contributed by atoms with Crippen LogP contribution in [0, 0.1) is 0 Å². The first-order chi connectivity index (χ1) is 8.29. The predicted molar refractivity (Wildman–Crippen MR) is 70.1 cm³/mol. The van der Waals surface area contributed by atoms with Crippen molar-refractivity contribution in [2.24, 2.45) is 5.73 Å². The molecule has 0 saturated carbocycles. The molecule has 17 heavy (non-hydrogen) atoms. The quantitative estimate of drug-likeness (QED) is 0.871. The molecule has 1 atom stereocenters. The van der Waals surface area contributed by atoms with Gasteiger partial charge < -0.3 is 10.5 Å². The van der Waals surface area contributed by atoms with Gasteiger partial charge >= 0.3 is 0 Å². The third-order valence-electron chi connectivity index (χ3n) is 2.84. The Bertz CT molecular complexity index is 450. The van der Waals surface area contributed by atoms with Crippen molar-refractivity contribution in [1.29, 1.82) is 0 Å². The summed E-state index contributed by atoms with van der Waals surface area (Å²) < 4.78 is 5.13. The number of ether oxygens (including phenoxy) is 1. The van der Waals surface area contributed by atoms with Crippen LogP contribution < -0.4 is 10.5 Å². The van der Waals surface area contributed by atoms with Gasteiger partial charge in [-0.15, -0.1) is 0 Å².